The van der Waals surface area contributed by atoms with Gasteiger partial charge in [0.05, 0.1) is 34.3 Å². The zero-order valence-electron chi connectivity index (χ0n) is 19.8. The Kier molecular flexibility index (Phi) is 5.87. The normalized spacial score (nSPS) is 28.0. The largest absolute Gasteiger partial charge is 0.396 e. The Bertz CT molecular complexity index is 1190. The van der Waals surface area contributed by atoms with Crippen LogP contribution < -0.4 is 10.6 Å². The van der Waals surface area contributed by atoms with Gasteiger partial charge in [-0.2, -0.15) is 4.98 Å². The summed E-state index contributed by atoms with van der Waals surface area (Å²) in [5.74, 6) is 1.46. The number of aliphatic hydroxyl groups excluding tert-OH is 3. The molecule has 0 aliphatic heterocycles. The van der Waals surface area contributed by atoms with E-state index in [0.717, 1.165) is 39.3 Å². The van der Waals surface area contributed by atoms with E-state index in [1.807, 2.05) is 13.0 Å². The highest BCUT2D eigenvalue weighted by molar-refractivity contribution is 7.21. The number of aliphatic hydroxyl groups is 3. The molecule has 3 aromatic rings. The minimum Gasteiger partial charge on any atom is -0.396 e. The maximum atomic E-state index is 10.7. The van der Waals surface area contributed by atoms with Gasteiger partial charge in [-0.3, -0.25) is 4.98 Å². The third kappa shape index (κ3) is 4.16. The highest BCUT2D eigenvalue weighted by atomic mass is 32.1. The van der Waals surface area contributed by atoms with Crippen LogP contribution in [0.2, 0.25) is 0 Å². The molecule has 5 N–H and O–H groups in total. The van der Waals surface area contributed by atoms with Crippen LogP contribution in [0.15, 0.2) is 18.5 Å². The molecular weight excluding hydrogens is 464 g/mol. The van der Waals surface area contributed by atoms with Gasteiger partial charge in [0.1, 0.15) is 22.4 Å². The maximum Gasteiger partial charge on any atom is 0.225 e. The fourth-order valence-electron chi connectivity index (χ4n) is 5.97. The van der Waals surface area contributed by atoms with E-state index in [1.54, 1.807) is 23.7 Å². The predicted octanol–water partition coefficient (Wildman–Crippen LogP) is 3.11. The number of thiazole rings is 1. The molecule has 0 saturated heterocycles. The fraction of sp³-hybridized carbons (Fsp3) is 0.600. The monoisotopic (exact) mass is 496 g/mol. The van der Waals surface area contributed by atoms with E-state index in [2.05, 4.69) is 15.6 Å². The molecule has 0 spiro atoms. The molecule has 0 unspecified atom stereocenters. The van der Waals surface area contributed by atoms with Gasteiger partial charge < -0.3 is 26.0 Å². The molecule has 0 bridgehead atoms. The lowest BCUT2D eigenvalue weighted by atomic mass is 9.96. The van der Waals surface area contributed by atoms with Crippen LogP contribution in [0.1, 0.15) is 50.6 Å². The average molecular weight is 497 g/mol. The van der Waals surface area contributed by atoms with Crippen LogP contribution in [0.4, 0.5) is 11.8 Å². The average Bonchev–Trinajstić information content (AvgIpc) is 3.19. The molecule has 6 rings (SSSR count). The van der Waals surface area contributed by atoms with Crippen molar-refractivity contribution < 1.29 is 15.3 Å². The summed E-state index contributed by atoms with van der Waals surface area (Å²) in [5, 5.41) is 38.5. The van der Waals surface area contributed by atoms with Gasteiger partial charge in [0.15, 0.2) is 0 Å². The summed E-state index contributed by atoms with van der Waals surface area (Å²) in [7, 11) is 0. The van der Waals surface area contributed by atoms with E-state index >= 15 is 0 Å². The van der Waals surface area contributed by atoms with Crippen LogP contribution in [0, 0.1) is 18.8 Å². The summed E-state index contributed by atoms with van der Waals surface area (Å²) < 4.78 is 1.03. The molecule has 3 saturated carbocycles. The molecule has 9 nitrogen and oxygen atoms in total. The Morgan fingerprint density at radius 1 is 1.11 bits per heavy atom. The Labute approximate surface area is 208 Å². The fourth-order valence-corrected chi connectivity index (χ4v) is 7.00. The quantitative estimate of drug-likeness (QED) is 0.334. The molecule has 10 heteroatoms. The molecule has 0 amide bonds. The molecule has 3 fully saturated rings. The number of aryl methyl sites for hydroxylation is 1. The highest BCUT2D eigenvalue weighted by Gasteiger charge is 2.50. The Morgan fingerprint density at radius 3 is 2.60 bits per heavy atom. The summed E-state index contributed by atoms with van der Waals surface area (Å²) in [4.78, 5) is 18.7. The Balaban J connectivity index is 1.38. The van der Waals surface area contributed by atoms with Gasteiger partial charge in [-0.1, -0.05) is 12.8 Å². The first-order valence-corrected chi connectivity index (χ1v) is 13.4. The lowest BCUT2D eigenvalue weighted by Gasteiger charge is -2.26. The van der Waals surface area contributed by atoms with E-state index in [4.69, 9.17) is 15.0 Å². The van der Waals surface area contributed by atoms with Gasteiger partial charge in [-0.05, 0) is 51.0 Å². The minimum atomic E-state index is -1.00. The Morgan fingerprint density at radius 2 is 1.91 bits per heavy atom. The molecular formula is C25H32N6O3S. The summed E-state index contributed by atoms with van der Waals surface area (Å²) in [5.41, 5.74) is 2.49. The van der Waals surface area contributed by atoms with Gasteiger partial charge in [0.2, 0.25) is 5.95 Å². The van der Waals surface area contributed by atoms with E-state index in [-0.39, 0.29) is 18.1 Å². The van der Waals surface area contributed by atoms with E-state index in [1.165, 1.54) is 25.7 Å². The van der Waals surface area contributed by atoms with Crippen LogP contribution in [-0.4, -0.2) is 65.7 Å². The number of nitrogens with zero attached hydrogens (tertiary/aromatic N) is 4. The molecule has 4 atom stereocenters. The Hall–Kier alpha value is -2.40. The lowest BCUT2D eigenvalue weighted by Crippen LogP contribution is -2.36. The number of rotatable bonds is 7. The molecule has 186 valence electrons. The van der Waals surface area contributed by atoms with Crippen molar-refractivity contribution in [1.82, 2.24) is 19.9 Å². The van der Waals surface area contributed by atoms with Crippen molar-refractivity contribution in [3.8, 4) is 10.6 Å². The van der Waals surface area contributed by atoms with Crippen LogP contribution in [0.25, 0.3) is 20.8 Å². The summed E-state index contributed by atoms with van der Waals surface area (Å²) in [6.07, 6.45) is 9.33. The number of pyridine rings is 1. The second-order valence-electron chi connectivity index (χ2n) is 10.4. The zero-order chi connectivity index (χ0) is 24.2. The second-order valence-corrected chi connectivity index (χ2v) is 11.4. The zero-order valence-corrected chi connectivity index (χ0v) is 20.6. The number of nitrogens with one attached hydrogen (secondary N) is 2. The van der Waals surface area contributed by atoms with Gasteiger partial charge in [-0.15, -0.1) is 11.3 Å². The first kappa shape index (κ1) is 23.0. The molecule has 3 aromatic heterocycles. The topological polar surface area (TPSA) is 136 Å². The summed E-state index contributed by atoms with van der Waals surface area (Å²) in [6, 6.07) is 1.50. The third-order valence-corrected chi connectivity index (χ3v) is 9.19. The van der Waals surface area contributed by atoms with Gasteiger partial charge in [0, 0.05) is 24.3 Å². The number of anilines is 2. The first-order chi connectivity index (χ1) is 17.0. The standard InChI is InChI=1S/C25H32N6O3S/c1-13-19(23-29-17-11-26-9-6-18(17)35-23)22(28-16-10-14(12-32)20(33)21(16)34)30-24(27-13)31-25(7-8-25)15-4-2-3-5-15/h6,9,11,14-16,20-21,32-34H,2-5,7-8,10,12H2,1H3,(H2,27,28,30,31)/t14-,16-,20-,21+/m1/s1. The first-order valence-electron chi connectivity index (χ1n) is 12.6. The van der Waals surface area contributed by atoms with Crippen LogP contribution in [0.3, 0.4) is 0 Å². The second kappa shape index (κ2) is 8.92. The van der Waals surface area contributed by atoms with Crippen molar-refractivity contribution >= 4 is 33.3 Å². The van der Waals surface area contributed by atoms with Crippen molar-refractivity contribution in [3.63, 3.8) is 0 Å². The smallest absolute Gasteiger partial charge is 0.225 e. The van der Waals surface area contributed by atoms with E-state index in [0.29, 0.717) is 24.1 Å². The van der Waals surface area contributed by atoms with Crippen LogP contribution in [0.5, 0.6) is 0 Å². The van der Waals surface area contributed by atoms with Crippen molar-refractivity contribution in [1.29, 1.82) is 0 Å². The number of hydrogen-bond acceptors (Lipinski definition) is 10. The maximum absolute atomic E-state index is 10.7. The molecule has 35 heavy (non-hydrogen) atoms. The summed E-state index contributed by atoms with van der Waals surface area (Å²) in [6.45, 7) is 1.79. The molecule has 0 radical (unpaired) electrons. The lowest BCUT2D eigenvalue weighted by molar-refractivity contribution is 0.00446. The van der Waals surface area contributed by atoms with E-state index < -0.39 is 18.2 Å². The minimum absolute atomic E-state index is 0.0916. The van der Waals surface area contributed by atoms with Gasteiger partial charge >= 0.3 is 0 Å². The molecule has 3 heterocycles. The van der Waals surface area contributed by atoms with Crippen molar-refractivity contribution in [2.75, 3.05) is 17.2 Å². The van der Waals surface area contributed by atoms with Crippen molar-refractivity contribution in [3.05, 3.63) is 24.2 Å². The predicted molar refractivity (Wildman–Crippen MR) is 135 cm³/mol. The number of hydrogen-bond donors (Lipinski definition) is 5. The SMILES string of the molecule is Cc1nc(NC2(C3CCCC3)CC2)nc(N[C@@H]2C[C@H](CO)[C@@H](O)[C@H]2O)c1-c1nc2cnccc2s1. The summed E-state index contributed by atoms with van der Waals surface area (Å²) >= 11 is 1.55. The van der Waals surface area contributed by atoms with Crippen molar-refractivity contribution in [2.24, 2.45) is 11.8 Å². The van der Waals surface area contributed by atoms with E-state index in [9.17, 15) is 15.3 Å². The van der Waals surface area contributed by atoms with Crippen LogP contribution >= 0.6 is 11.3 Å². The molecule has 0 aromatic carbocycles. The van der Waals surface area contributed by atoms with Crippen molar-refractivity contribution in [2.45, 2.75) is 75.7 Å². The third-order valence-electron chi connectivity index (χ3n) is 8.14. The van der Waals surface area contributed by atoms with Crippen LogP contribution in [-0.2, 0) is 0 Å². The molecule has 3 aliphatic rings. The molecule has 3 aliphatic carbocycles. The number of fused-ring (bicyclic) bond motifs is 1. The van der Waals surface area contributed by atoms with Gasteiger partial charge in [-0.25, -0.2) is 9.97 Å². The highest BCUT2D eigenvalue weighted by Crippen LogP contribution is 2.51. The number of aromatic nitrogens is 4. The van der Waals surface area contributed by atoms with Gasteiger partial charge in [0.25, 0.3) is 0 Å².